The SMILES string of the molecule is O=C(Cc1ccccc1Cl)Nc1ccc2c(c1)OCc1cnccc1-2. The second-order valence-corrected chi connectivity index (χ2v) is 6.26. The number of aromatic nitrogens is 1. The predicted molar refractivity (Wildman–Crippen MR) is 97.8 cm³/mol. The molecule has 0 atom stereocenters. The van der Waals surface area contributed by atoms with Crippen molar-refractivity contribution < 1.29 is 9.53 Å². The van der Waals surface area contributed by atoms with Crippen molar-refractivity contribution in [2.24, 2.45) is 0 Å². The Balaban J connectivity index is 1.53. The first-order valence-corrected chi connectivity index (χ1v) is 8.32. The summed E-state index contributed by atoms with van der Waals surface area (Å²) in [7, 11) is 0. The molecule has 0 saturated heterocycles. The third-order valence-electron chi connectivity index (χ3n) is 4.15. The molecule has 0 unspecified atom stereocenters. The van der Waals surface area contributed by atoms with Crippen LogP contribution in [0.1, 0.15) is 11.1 Å². The van der Waals surface area contributed by atoms with Gasteiger partial charge >= 0.3 is 0 Å². The molecule has 1 aromatic heterocycles. The van der Waals surface area contributed by atoms with Gasteiger partial charge in [0.2, 0.25) is 5.91 Å². The smallest absolute Gasteiger partial charge is 0.228 e. The molecule has 3 aromatic rings. The minimum atomic E-state index is -0.117. The lowest BCUT2D eigenvalue weighted by Gasteiger charge is -2.21. The Kier molecular flexibility index (Phi) is 4.12. The zero-order chi connectivity index (χ0) is 17.2. The van der Waals surface area contributed by atoms with Gasteiger partial charge in [-0.2, -0.15) is 0 Å². The molecule has 1 aliphatic rings. The number of carbonyl (C=O) groups is 1. The fourth-order valence-corrected chi connectivity index (χ4v) is 3.12. The van der Waals surface area contributed by atoms with E-state index >= 15 is 0 Å². The molecule has 0 aliphatic carbocycles. The van der Waals surface area contributed by atoms with Gasteiger partial charge in [0.1, 0.15) is 12.4 Å². The van der Waals surface area contributed by atoms with Crippen molar-refractivity contribution >= 4 is 23.2 Å². The summed E-state index contributed by atoms with van der Waals surface area (Å²) in [5.41, 5.74) is 4.69. The van der Waals surface area contributed by atoms with Gasteiger partial charge in [0.05, 0.1) is 6.42 Å². The molecule has 124 valence electrons. The van der Waals surface area contributed by atoms with Crippen molar-refractivity contribution in [3.63, 3.8) is 0 Å². The van der Waals surface area contributed by atoms with Crippen LogP contribution in [0.15, 0.2) is 60.9 Å². The van der Waals surface area contributed by atoms with E-state index in [0.717, 1.165) is 28.0 Å². The van der Waals surface area contributed by atoms with Crippen molar-refractivity contribution in [1.29, 1.82) is 0 Å². The quantitative estimate of drug-likeness (QED) is 0.758. The van der Waals surface area contributed by atoms with Gasteiger partial charge in [0.25, 0.3) is 0 Å². The number of nitrogens with zero attached hydrogens (tertiary/aromatic N) is 1. The zero-order valence-corrected chi connectivity index (χ0v) is 14.1. The van der Waals surface area contributed by atoms with Gasteiger partial charge in [-0.3, -0.25) is 9.78 Å². The largest absolute Gasteiger partial charge is 0.488 e. The highest BCUT2D eigenvalue weighted by Crippen LogP contribution is 2.38. The van der Waals surface area contributed by atoms with E-state index in [4.69, 9.17) is 16.3 Å². The van der Waals surface area contributed by atoms with Gasteiger partial charge in [-0.25, -0.2) is 0 Å². The topological polar surface area (TPSA) is 51.2 Å². The van der Waals surface area contributed by atoms with Crippen LogP contribution in [0.25, 0.3) is 11.1 Å². The second-order valence-electron chi connectivity index (χ2n) is 5.85. The Morgan fingerprint density at radius 2 is 2.04 bits per heavy atom. The van der Waals surface area contributed by atoms with Crippen molar-refractivity contribution in [2.45, 2.75) is 13.0 Å². The fourth-order valence-electron chi connectivity index (χ4n) is 2.92. The summed E-state index contributed by atoms with van der Waals surface area (Å²) in [5.74, 6) is 0.641. The van der Waals surface area contributed by atoms with Crippen LogP contribution in [0.3, 0.4) is 0 Å². The van der Waals surface area contributed by atoms with Crippen LogP contribution < -0.4 is 10.1 Å². The molecule has 4 nitrogen and oxygen atoms in total. The number of halogens is 1. The van der Waals surface area contributed by atoms with Gasteiger partial charge in [-0.05, 0) is 35.4 Å². The van der Waals surface area contributed by atoms with Crippen LogP contribution in [0.2, 0.25) is 5.02 Å². The van der Waals surface area contributed by atoms with Gasteiger partial charge < -0.3 is 10.1 Å². The number of amides is 1. The molecule has 0 spiro atoms. The van der Waals surface area contributed by atoms with Crippen LogP contribution in [0, 0.1) is 0 Å². The lowest BCUT2D eigenvalue weighted by atomic mass is 9.98. The monoisotopic (exact) mass is 350 g/mol. The van der Waals surface area contributed by atoms with Crippen LogP contribution >= 0.6 is 11.6 Å². The standard InChI is InChI=1S/C20H15ClN2O2/c21-18-4-2-1-3-13(18)9-20(24)23-15-5-6-17-16-7-8-22-11-14(16)12-25-19(17)10-15/h1-8,10-11H,9,12H2,(H,23,24). The number of anilines is 1. The Morgan fingerprint density at radius 1 is 1.16 bits per heavy atom. The molecule has 1 amide bonds. The van der Waals surface area contributed by atoms with Crippen molar-refractivity contribution in [3.05, 3.63) is 77.1 Å². The molecule has 0 saturated carbocycles. The summed E-state index contributed by atoms with van der Waals surface area (Å²) in [6.07, 6.45) is 3.82. The maximum absolute atomic E-state index is 12.3. The molecule has 4 rings (SSSR count). The highest BCUT2D eigenvalue weighted by atomic mass is 35.5. The number of benzene rings is 2. The number of nitrogens with one attached hydrogen (secondary N) is 1. The van der Waals surface area contributed by atoms with E-state index in [1.54, 1.807) is 12.3 Å². The van der Waals surface area contributed by atoms with E-state index in [-0.39, 0.29) is 12.3 Å². The van der Waals surface area contributed by atoms with Crippen molar-refractivity contribution in [3.8, 4) is 16.9 Å². The number of ether oxygens (including phenoxy) is 1. The summed E-state index contributed by atoms with van der Waals surface area (Å²) < 4.78 is 5.80. The zero-order valence-electron chi connectivity index (χ0n) is 13.3. The first kappa shape index (κ1) is 15.7. The van der Waals surface area contributed by atoms with E-state index in [9.17, 15) is 4.79 Å². The summed E-state index contributed by atoms with van der Waals surface area (Å²) in [6.45, 7) is 0.479. The summed E-state index contributed by atoms with van der Waals surface area (Å²) in [4.78, 5) is 16.4. The first-order chi connectivity index (χ1) is 12.2. The molecular weight excluding hydrogens is 336 g/mol. The summed E-state index contributed by atoms with van der Waals surface area (Å²) in [5, 5.41) is 3.50. The van der Waals surface area contributed by atoms with E-state index in [2.05, 4.69) is 10.3 Å². The van der Waals surface area contributed by atoms with E-state index in [0.29, 0.717) is 17.3 Å². The molecule has 1 N–H and O–H groups in total. The average molecular weight is 351 g/mol. The maximum Gasteiger partial charge on any atom is 0.228 e. The fraction of sp³-hybridized carbons (Fsp3) is 0.100. The minimum Gasteiger partial charge on any atom is -0.488 e. The van der Waals surface area contributed by atoms with Crippen LogP contribution in [-0.2, 0) is 17.8 Å². The normalized spacial score (nSPS) is 11.9. The Hall–Kier alpha value is -2.85. The Morgan fingerprint density at radius 3 is 2.92 bits per heavy atom. The lowest BCUT2D eigenvalue weighted by molar-refractivity contribution is -0.115. The van der Waals surface area contributed by atoms with E-state index in [1.165, 1.54) is 0 Å². The predicted octanol–water partition coefficient (Wildman–Crippen LogP) is 4.48. The Bertz CT molecular complexity index is 956. The lowest BCUT2D eigenvalue weighted by Crippen LogP contribution is -2.15. The Labute approximate surface area is 150 Å². The maximum atomic E-state index is 12.3. The molecule has 0 radical (unpaired) electrons. The number of pyridine rings is 1. The minimum absolute atomic E-state index is 0.117. The molecule has 25 heavy (non-hydrogen) atoms. The molecule has 2 aromatic carbocycles. The van der Waals surface area contributed by atoms with E-state index in [1.807, 2.05) is 48.7 Å². The van der Waals surface area contributed by atoms with Gasteiger partial charge in [-0.1, -0.05) is 29.8 Å². The number of rotatable bonds is 3. The third kappa shape index (κ3) is 3.21. The van der Waals surface area contributed by atoms with E-state index < -0.39 is 0 Å². The number of carbonyl (C=O) groups excluding carboxylic acids is 1. The number of hydrogen-bond acceptors (Lipinski definition) is 3. The van der Waals surface area contributed by atoms with Crippen LogP contribution in [0.4, 0.5) is 5.69 Å². The van der Waals surface area contributed by atoms with Gasteiger partial charge in [0.15, 0.2) is 0 Å². The van der Waals surface area contributed by atoms with Crippen LogP contribution in [-0.4, -0.2) is 10.9 Å². The summed E-state index contributed by atoms with van der Waals surface area (Å²) in [6, 6.07) is 15.0. The molecule has 5 heteroatoms. The van der Waals surface area contributed by atoms with Gasteiger partial charge in [0, 0.05) is 40.3 Å². The van der Waals surface area contributed by atoms with Crippen molar-refractivity contribution in [2.75, 3.05) is 5.32 Å². The molecule has 2 heterocycles. The van der Waals surface area contributed by atoms with Gasteiger partial charge in [-0.15, -0.1) is 0 Å². The number of fused-ring (bicyclic) bond motifs is 3. The average Bonchev–Trinajstić information content (AvgIpc) is 2.63. The highest BCUT2D eigenvalue weighted by Gasteiger charge is 2.18. The molecule has 0 bridgehead atoms. The number of hydrogen-bond donors (Lipinski definition) is 1. The third-order valence-corrected chi connectivity index (χ3v) is 4.52. The second kappa shape index (κ2) is 6.57. The van der Waals surface area contributed by atoms with Crippen LogP contribution in [0.5, 0.6) is 5.75 Å². The van der Waals surface area contributed by atoms with Crippen molar-refractivity contribution in [1.82, 2.24) is 4.98 Å². The molecule has 1 aliphatic heterocycles. The highest BCUT2D eigenvalue weighted by molar-refractivity contribution is 6.31. The molecule has 0 fully saturated rings. The first-order valence-electron chi connectivity index (χ1n) is 7.94. The summed E-state index contributed by atoms with van der Waals surface area (Å²) >= 11 is 6.11. The molecular formula is C20H15ClN2O2.